The summed E-state index contributed by atoms with van der Waals surface area (Å²) in [6, 6.07) is 8.20. The SMILES string of the molecule is c1ccc2[nH]c(CN3CCNCCNCC3)nc2c1. The van der Waals surface area contributed by atoms with Gasteiger partial charge in [-0.05, 0) is 12.1 Å². The Balaban J connectivity index is 1.68. The number of H-pyrrole nitrogens is 1. The van der Waals surface area contributed by atoms with E-state index in [-0.39, 0.29) is 0 Å². The van der Waals surface area contributed by atoms with Gasteiger partial charge in [0.05, 0.1) is 17.6 Å². The lowest BCUT2D eigenvalue weighted by Gasteiger charge is -2.19. The molecule has 0 atom stereocenters. The number of hydrogen-bond acceptors (Lipinski definition) is 4. The molecule has 1 saturated heterocycles. The smallest absolute Gasteiger partial charge is 0.121 e. The number of fused-ring (bicyclic) bond motifs is 1. The third kappa shape index (κ3) is 3.32. The summed E-state index contributed by atoms with van der Waals surface area (Å²) in [5, 5.41) is 6.87. The molecule has 3 N–H and O–H groups in total. The van der Waals surface area contributed by atoms with E-state index in [0.717, 1.165) is 62.7 Å². The van der Waals surface area contributed by atoms with Gasteiger partial charge in [-0.25, -0.2) is 4.98 Å². The predicted molar refractivity (Wildman–Crippen MR) is 77.1 cm³/mol. The lowest BCUT2D eigenvalue weighted by Crippen LogP contribution is -2.33. The fourth-order valence-electron chi connectivity index (χ4n) is 2.46. The molecule has 0 radical (unpaired) electrons. The topological polar surface area (TPSA) is 56.0 Å². The maximum atomic E-state index is 4.65. The van der Waals surface area contributed by atoms with Gasteiger partial charge in [-0.15, -0.1) is 0 Å². The zero-order valence-electron chi connectivity index (χ0n) is 11.2. The number of benzene rings is 1. The van der Waals surface area contributed by atoms with Gasteiger partial charge in [0.1, 0.15) is 5.82 Å². The zero-order chi connectivity index (χ0) is 12.9. The second kappa shape index (κ2) is 6.14. The minimum Gasteiger partial charge on any atom is -0.341 e. The molecule has 0 unspecified atom stereocenters. The second-order valence-corrected chi connectivity index (χ2v) is 4.98. The minimum absolute atomic E-state index is 0.887. The quantitative estimate of drug-likeness (QED) is 0.737. The molecule has 3 rings (SSSR count). The molecule has 102 valence electrons. The van der Waals surface area contributed by atoms with E-state index in [1.54, 1.807) is 0 Å². The molecule has 1 aromatic heterocycles. The highest BCUT2D eigenvalue weighted by atomic mass is 15.2. The molecule has 2 aromatic rings. The third-order valence-electron chi connectivity index (χ3n) is 3.50. The van der Waals surface area contributed by atoms with E-state index in [4.69, 9.17) is 0 Å². The van der Waals surface area contributed by atoms with Crippen LogP contribution in [0.3, 0.4) is 0 Å². The summed E-state index contributed by atoms with van der Waals surface area (Å²) in [5.74, 6) is 1.06. The fourth-order valence-corrected chi connectivity index (χ4v) is 2.46. The van der Waals surface area contributed by atoms with Crippen molar-refractivity contribution in [3.63, 3.8) is 0 Å². The van der Waals surface area contributed by atoms with Gasteiger partial charge in [-0.1, -0.05) is 12.1 Å². The first-order chi connectivity index (χ1) is 9.42. The molecule has 0 spiro atoms. The average Bonchev–Trinajstić information content (AvgIpc) is 2.87. The molecule has 0 bridgehead atoms. The van der Waals surface area contributed by atoms with Crippen LogP contribution in [0.4, 0.5) is 0 Å². The lowest BCUT2D eigenvalue weighted by atomic mass is 10.3. The lowest BCUT2D eigenvalue weighted by molar-refractivity contribution is 0.267. The summed E-state index contributed by atoms with van der Waals surface area (Å²) in [5.41, 5.74) is 2.18. The van der Waals surface area contributed by atoms with Crippen LogP contribution >= 0.6 is 0 Å². The van der Waals surface area contributed by atoms with E-state index in [9.17, 15) is 0 Å². The molecular weight excluding hydrogens is 238 g/mol. The average molecular weight is 259 g/mol. The first-order valence-electron chi connectivity index (χ1n) is 6.99. The van der Waals surface area contributed by atoms with Crippen molar-refractivity contribution in [3.8, 4) is 0 Å². The van der Waals surface area contributed by atoms with Crippen LogP contribution in [0.5, 0.6) is 0 Å². The van der Waals surface area contributed by atoms with Crippen molar-refractivity contribution in [2.45, 2.75) is 6.54 Å². The normalized spacial score (nSPS) is 18.9. The van der Waals surface area contributed by atoms with Gasteiger partial charge < -0.3 is 15.6 Å². The summed E-state index contributed by atoms with van der Waals surface area (Å²) in [7, 11) is 0. The maximum absolute atomic E-state index is 4.65. The Bertz CT molecular complexity index is 478. The van der Waals surface area contributed by atoms with E-state index in [2.05, 4.69) is 37.6 Å². The summed E-state index contributed by atoms with van der Waals surface area (Å²) < 4.78 is 0. The molecule has 0 aliphatic carbocycles. The Morgan fingerprint density at radius 2 is 1.74 bits per heavy atom. The maximum Gasteiger partial charge on any atom is 0.121 e. The highest BCUT2D eigenvalue weighted by Crippen LogP contribution is 2.11. The van der Waals surface area contributed by atoms with Crippen molar-refractivity contribution in [1.82, 2.24) is 25.5 Å². The van der Waals surface area contributed by atoms with Crippen LogP contribution in [0.15, 0.2) is 24.3 Å². The van der Waals surface area contributed by atoms with Gasteiger partial charge in [-0.2, -0.15) is 0 Å². The van der Waals surface area contributed by atoms with Crippen LogP contribution in [0.1, 0.15) is 5.82 Å². The summed E-state index contributed by atoms with van der Waals surface area (Å²) in [6.45, 7) is 7.22. The molecule has 19 heavy (non-hydrogen) atoms. The van der Waals surface area contributed by atoms with Crippen molar-refractivity contribution < 1.29 is 0 Å². The Kier molecular flexibility index (Phi) is 4.07. The number of imidazole rings is 1. The van der Waals surface area contributed by atoms with Gasteiger partial charge >= 0.3 is 0 Å². The number of aromatic amines is 1. The highest BCUT2D eigenvalue weighted by molar-refractivity contribution is 5.74. The van der Waals surface area contributed by atoms with Gasteiger partial charge in [0.2, 0.25) is 0 Å². The van der Waals surface area contributed by atoms with E-state index in [1.165, 1.54) is 0 Å². The largest absolute Gasteiger partial charge is 0.341 e. The predicted octanol–water partition coefficient (Wildman–Crippen LogP) is 0.558. The van der Waals surface area contributed by atoms with Crippen molar-refractivity contribution in [2.24, 2.45) is 0 Å². The number of hydrogen-bond donors (Lipinski definition) is 3. The Morgan fingerprint density at radius 3 is 2.47 bits per heavy atom. The zero-order valence-corrected chi connectivity index (χ0v) is 11.2. The van der Waals surface area contributed by atoms with Crippen LogP contribution in [-0.2, 0) is 6.54 Å². The molecule has 1 aliphatic rings. The van der Waals surface area contributed by atoms with Crippen molar-refractivity contribution in [2.75, 3.05) is 39.3 Å². The van der Waals surface area contributed by atoms with Crippen LogP contribution in [0.25, 0.3) is 11.0 Å². The number of rotatable bonds is 2. The second-order valence-electron chi connectivity index (χ2n) is 4.98. The monoisotopic (exact) mass is 259 g/mol. The van der Waals surface area contributed by atoms with Gasteiger partial charge in [-0.3, -0.25) is 4.90 Å². The summed E-state index contributed by atoms with van der Waals surface area (Å²) in [4.78, 5) is 10.5. The molecule has 1 fully saturated rings. The van der Waals surface area contributed by atoms with E-state index in [0.29, 0.717) is 0 Å². The van der Waals surface area contributed by atoms with Crippen molar-refractivity contribution >= 4 is 11.0 Å². The van der Waals surface area contributed by atoms with Crippen molar-refractivity contribution in [3.05, 3.63) is 30.1 Å². The van der Waals surface area contributed by atoms with Crippen LogP contribution < -0.4 is 10.6 Å². The van der Waals surface area contributed by atoms with E-state index >= 15 is 0 Å². The fraction of sp³-hybridized carbons (Fsp3) is 0.500. The molecule has 2 heterocycles. The molecule has 1 aliphatic heterocycles. The molecule has 5 heteroatoms. The Morgan fingerprint density at radius 1 is 1.00 bits per heavy atom. The van der Waals surface area contributed by atoms with E-state index in [1.807, 2.05) is 12.1 Å². The Labute approximate surface area is 113 Å². The minimum atomic E-state index is 0.887. The van der Waals surface area contributed by atoms with Gasteiger partial charge in [0.15, 0.2) is 0 Å². The Hall–Kier alpha value is -1.43. The molecule has 5 nitrogen and oxygen atoms in total. The van der Waals surface area contributed by atoms with Crippen LogP contribution in [0.2, 0.25) is 0 Å². The number of para-hydroxylation sites is 2. The third-order valence-corrected chi connectivity index (χ3v) is 3.50. The standard InChI is InChI=1S/C14H21N5/c1-2-4-13-12(3-1)17-14(18-13)11-19-9-7-15-5-6-16-8-10-19/h1-4,15-16H,5-11H2,(H,17,18). The molecule has 0 saturated carbocycles. The van der Waals surface area contributed by atoms with Crippen LogP contribution in [-0.4, -0.2) is 54.1 Å². The van der Waals surface area contributed by atoms with Gasteiger partial charge in [0, 0.05) is 39.3 Å². The molecule has 1 aromatic carbocycles. The van der Waals surface area contributed by atoms with Crippen molar-refractivity contribution in [1.29, 1.82) is 0 Å². The first-order valence-corrected chi connectivity index (χ1v) is 6.99. The molecule has 0 amide bonds. The number of nitrogens with zero attached hydrogens (tertiary/aromatic N) is 2. The highest BCUT2D eigenvalue weighted by Gasteiger charge is 2.10. The number of aromatic nitrogens is 2. The summed E-state index contributed by atoms with van der Waals surface area (Å²) in [6.07, 6.45) is 0. The van der Waals surface area contributed by atoms with Crippen LogP contribution in [0, 0.1) is 0 Å². The van der Waals surface area contributed by atoms with Gasteiger partial charge in [0.25, 0.3) is 0 Å². The van der Waals surface area contributed by atoms with E-state index < -0.39 is 0 Å². The summed E-state index contributed by atoms with van der Waals surface area (Å²) >= 11 is 0. The molecular formula is C14H21N5. The first kappa shape index (κ1) is 12.6. The number of nitrogens with one attached hydrogen (secondary N) is 3.